The van der Waals surface area contributed by atoms with Gasteiger partial charge in [0.05, 0.1) is 5.56 Å². The van der Waals surface area contributed by atoms with Crippen LogP contribution in [0.3, 0.4) is 0 Å². The zero-order chi connectivity index (χ0) is 9.14. The summed E-state index contributed by atoms with van der Waals surface area (Å²) in [7, 11) is 2.95. The van der Waals surface area contributed by atoms with Crippen LogP contribution in [0.5, 0.6) is 0 Å². The Balaban J connectivity index is 3.29. The molecule has 3 heteroatoms. The average Bonchev–Trinajstić information content (AvgIpc) is 2.01. The van der Waals surface area contributed by atoms with Crippen LogP contribution in [-0.4, -0.2) is 10.2 Å². The van der Waals surface area contributed by atoms with Crippen LogP contribution < -0.4 is 0 Å². The van der Waals surface area contributed by atoms with Crippen LogP contribution in [0.15, 0.2) is 12.1 Å². The van der Waals surface area contributed by atoms with Crippen LogP contribution in [0.1, 0.15) is 11.1 Å². The number of rotatable bonds is 0. The highest BCUT2D eigenvalue weighted by Gasteiger charge is 2.02. The second-order valence-corrected chi connectivity index (χ2v) is 2.99. The molecular formula is C9H5ClFSi. The van der Waals surface area contributed by atoms with Gasteiger partial charge in [-0.3, -0.25) is 0 Å². The second kappa shape index (κ2) is 3.75. The fourth-order valence-corrected chi connectivity index (χ4v) is 1.11. The van der Waals surface area contributed by atoms with Crippen LogP contribution in [0.25, 0.3) is 0 Å². The standard InChI is InChI=1S/C9H5ClFSi/c1-6-4-7(2-3-12)9(11)5-8(6)10/h4-5H,1H3. The lowest BCUT2D eigenvalue weighted by atomic mass is 10.1. The molecule has 0 bridgehead atoms. The van der Waals surface area contributed by atoms with Crippen molar-refractivity contribution in [3.05, 3.63) is 34.1 Å². The minimum atomic E-state index is -0.392. The molecule has 0 nitrogen and oxygen atoms in total. The van der Waals surface area contributed by atoms with E-state index in [2.05, 4.69) is 21.7 Å². The van der Waals surface area contributed by atoms with Gasteiger partial charge in [-0.1, -0.05) is 17.5 Å². The van der Waals surface area contributed by atoms with Gasteiger partial charge in [-0.2, -0.15) is 0 Å². The van der Waals surface area contributed by atoms with Crippen molar-refractivity contribution >= 4 is 21.8 Å². The molecule has 0 aliphatic carbocycles. The van der Waals surface area contributed by atoms with E-state index in [-0.39, 0.29) is 0 Å². The Morgan fingerprint density at radius 2 is 2.17 bits per heavy atom. The van der Waals surface area contributed by atoms with Crippen LogP contribution in [-0.2, 0) is 0 Å². The summed E-state index contributed by atoms with van der Waals surface area (Å²) in [5.74, 6) is 2.18. The van der Waals surface area contributed by atoms with Crippen molar-refractivity contribution in [1.82, 2.24) is 0 Å². The largest absolute Gasteiger partial charge is 0.206 e. The zero-order valence-corrected chi connectivity index (χ0v) is 8.17. The van der Waals surface area contributed by atoms with E-state index in [1.54, 1.807) is 13.0 Å². The zero-order valence-electron chi connectivity index (χ0n) is 6.41. The molecule has 0 saturated heterocycles. The van der Waals surface area contributed by atoms with Gasteiger partial charge in [0.25, 0.3) is 0 Å². The number of benzene rings is 1. The first-order chi connectivity index (χ1) is 5.65. The van der Waals surface area contributed by atoms with Crippen LogP contribution in [0.4, 0.5) is 4.39 Å². The van der Waals surface area contributed by atoms with Gasteiger partial charge in [0.15, 0.2) is 0 Å². The molecule has 1 aromatic carbocycles. The van der Waals surface area contributed by atoms with Gasteiger partial charge in [-0.05, 0) is 24.6 Å². The molecule has 0 saturated carbocycles. The summed E-state index contributed by atoms with van der Waals surface area (Å²) in [4.78, 5) is 0. The highest BCUT2D eigenvalue weighted by atomic mass is 35.5. The molecule has 12 heavy (non-hydrogen) atoms. The minimum Gasteiger partial charge on any atom is -0.206 e. The Kier molecular flexibility index (Phi) is 2.91. The maximum Gasteiger partial charge on any atom is 0.147 e. The minimum absolute atomic E-state index is 0.354. The lowest BCUT2D eigenvalue weighted by Crippen LogP contribution is -1.86. The lowest BCUT2D eigenvalue weighted by Gasteiger charge is -1.99. The summed E-state index contributed by atoms with van der Waals surface area (Å²) in [6.45, 7) is 1.81. The van der Waals surface area contributed by atoms with Crippen LogP contribution in [0.2, 0.25) is 5.02 Å². The normalized spacial score (nSPS) is 9.00. The topological polar surface area (TPSA) is 0 Å². The maximum absolute atomic E-state index is 13.0. The Morgan fingerprint density at radius 1 is 1.50 bits per heavy atom. The Bertz CT molecular complexity index is 363. The molecule has 0 aliphatic heterocycles. The fraction of sp³-hybridized carbons (Fsp3) is 0.111. The van der Waals surface area contributed by atoms with Crippen molar-refractivity contribution in [2.24, 2.45) is 0 Å². The SMILES string of the molecule is Cc1cc(C#C[Si])c(F)cc1Cl. The van der Waals surface area contributed by atoms with E-state index < -0.39 is 5.82 Å². The molecule has 0 amide bonds. The van der Waals surface area contributed by atoms with Gasteiger partial charge < -0.3 is 0 Å². The molecule has 0 spiro atoms. The predicted molar refractivity (Wildman–Crippen MR) is 48.8 cm³/mol. The highest BCUT2D eigenvalue weighted by molar-refractivity contribution is 6.31. The van der Waals surface area contributed by atoms with Gasteiger partial charge in [-0.25, -0.2) is 4.39 Å². The Morgan fingerprint density at radius 3 is 2.75 bits per heavy atom. The first kappa shape index (κ1) is 9.31. The molecule has 0 fully saturated rings. The third-order valence-electron chi connectivity index (χ3n) is 1.45. The van der Waals surface area contributed by atoms with E-state index in [1.807, 2.05) is 0 Å². The number of hydrogen-bond donors (Lipinski definition) is 0. The average molecular weight is 196 g/mol. The van der Waals surface area contributed by atoms with Crippen molar-refractivity contribution in [2.45, 2.75) is 6.92 Å². The molecule has 0 aliphatic rings. The summed E-state index contributed by atoms with van der Waals surface area (Å²) in [5.41, 5.74) is 3.62. The number of hydrogen-bond acceptors (Lipinski definition) is 0. The predicted octanol–water partition coefficient (Wildman–Crippen LogP) is 2.27. The van der Waals surface area contributed by atoms with Gasteiger partial charge in [0, 0.05) is 5.02 Å². The van der Waals surface area contributed by atoms with Crippen molar-refractivity contribution in [3.63, 3.8) is 0 Å². The monoisotopic (exact) mass is 195 g/mol. The summed E-state index contributed by atoms with van der Waals surface area (Å²) in [5, 5.41) is 0.423. The molecule has 1 rings (SSSR count). The molecule has 0 atom stereocenters. The van der Waals surface area contributed by atoms with Crippen molar-refractivity contribution < 1.29 is 4.39 Å². The third kappa shape index (κ3) is 1.88. The molecule has 3 radical (unpaired) electrons. The van der Waals surface area contributed by atoms with Gasteiger partial charge in [0.1, 0.15) is 16.1 Å². The number of aryl methyl sites for hydroxylation is 1. The molecule has 0 heterocycles. The number of halogens is 2. The first-order valence-electron chi connectivity index (χ1n) is 3.28. The van der Waals surface area contributed by atoms with E-state index in [0.29, 0.717) is 10.6 Å². The summed E-state index contributed by atoms with van der Waals surface area (Å²) < 4.78 is 13.0. The third-order valence-corrected chi connectivity index (χ3v) is 1.98. The van der Waals surface area contributed by atoms with Gasteiger partial charge in [-0.15, -0.1) is 5.54 Å². The molecule has 0 aromatic heterocycles. The molecule has 59 valence electrons. The molecule has 1 aromatic rings. The summed E-state index contributed by atoms with van der Waals surface area (Å²) in [6.07, 6.45) is 0. The Labute approximate surface area is 79.2 Å². The van der Waals surface area contributed by atoms with Crippen molar-refractivity contribution in [1.29, 1.82) is 0 Å². The lowest BCUT2D eigenvalue weighted by molar-refractivity contribution is 0.624. The van der Waals surface area contributed by atoms with E-state index >= 15 is 0 Å². The van der Waals surface area contributed by atoms with Gasteiger partial charge >= 0.3 is 0 Å². The summed E-state index contributed by atoms with van der Waals surface area (Å²) in [6, 6.07) is 2.88. The van der Waals surface area contributed by atoms with Crippen LogP contribution >= 0.6 is 11.6 Å². The fourth-order valence-electron chi connectivity index (χ4n) is 0.820. The van der Waals surface area contributed by atoms with Crippen molar-refractivity contribution in [3.8, 4) is 11.5 Å². The molecule has 0 N–H and O–H groups in total. The molecular weight excluding hydrogens is 191 g/mol. The smallest absolute Gasteiger partial charge is 0.147 e. The van der Waals surface area contributed by atoms with E-state index in [9.17, 15) is 4.39 Å². The quantitative estimate of drug-likeness (QED) is 0.440. The van der Waals surface area contributed by atoms with E-state index in [4.69, 9.17) is 11.6 Å². The van der Waals surface area contributed by atoms with Gasteiger partial charge in [0.2, 0.25) is 0 Å². The first-order valence-corrected chi connectivity index (χ1v) is 4.16. The molecule has 0 unspecified atom stereocenters. The second-order valence-electron chi connectivity index (χ2n) is 2.33. The summed E-state index contributed by atoms with van der Waals surface area (Å²) >= 11 is 5.69. The van der Waals surface area contributed by atoms with Crippen LogP contribution in [0, 0.1) is 24.2 Å². The highest BCUT2D eigenvalue weighted by Crippen LogP contribution is 2.18. The van der Waals surface area contributed by atoms with E-state index in [1.165, 1.54) is 6.07 Å². The Hall–Kier alpha value is -0.783. The maximum atomic E-state index is 13.0. The van der Waals surface area contributed by atoms with Crippen molar-refractivity contribution in [2.75, 3.05) is 0 Å². The van der Waals surface area contributed by atoms with E-state index in [0.717, 1.165) is 5.56 Å².